The number of likely N-dealkylation sites (tertiary alicyclic amines) is 2. The molecule has 2 amide bonds. The average Bonchev–Trinajstić information content (AvgIpc) is 3.43. The van der Waals surface area contributed by atoms with E-state index in [1.165, 1.54) is 5.56 Å². The predicted octanol–water partition coefficient (Wildman–Crippen LogP) is 3.87. The summed E-state index contributed by atoms with van der Waals surface area (Å²) in [4.78, 5) is 30.7. The van der Waals surface area contributed by atoms with Crippen molar-refractivity contribution in [1.29, 1.82) is 0 Å². The van der Waals surface area contributed by atoms with Gasteiger partial charge < -0.3 is 14.9 Å². The maximum absolute atomic E-state index is 13.7. The molecule has 2 aliphatic heterocycles. The maximum atomic E-state index is 13.7. The Kier molecular flexibility index (Phi) is 4.87. The molecule has 0 aromatic heterocycles. The number of amides is 2. The van der Waals surface area contributed by atoms with Crippen LogP contribution < -0.4 is 0 Å². The molecule has 1 N–H and O–H groups in total. The number of rotatable bonds is 2. The Bertz CT molecular complexity index is 904. The molecule has 31 heavy (non-hydrogen) atoms. The molecule has 2 bridgehead atoms. The van der Waals surface area contributed by atoms with E-state index < -0.39 is 0 Å². The number of carbonyl (C=O) groups excluding carboxylic acids is 2. The highest BCUT2D eigenvalue weighted by atomic mass is 16.3. The first-order chi connectivity index (χ1) is 14.7. The number of aromatic hydroxyl groups is 1. The molecule has 2 aliphatic carbocycles. The third-order valence-corrected chi connectivity index (χ3v) is 9.46. The van der Waals surface area contributed by atoms with Gasteiger partial charge in [0.15, 0.2) is 0 Å². The molecule has 3 fully saturated rings. The molecule has 1 aromatic carbocycles. The Morgan fingerprint density at radius 3 is 2.39 bits per heavy atom. The predicted molar refractivity (Wildman–Crippen MR) is 120 cm³/mol. The molecule has 2 saturated heterocycles. The largest absolute Gasteiger partial charge is 0.508 e. The van der Waals surface area contributed by atoms with Crippen molar-refractivity contribution in [2.75, 3.05) is 19.6 Å². The van der Waals surface area contributed by atoms with E-state index in [4.69, 9.17) is 0 Å². The van der Waals surface area contributed by atoms with Crippen molar-refractivity contribution in [3.8, 4) is 5.75 Å². The van der Waals surface area contributed by atoms with Gasteiger partial charge in [-0.15, -0.1) is 0 Å². The van der Waals surface area contributed by atoms with Gasteiger partial charge in [0, 0.05) is 42.9 Å². The number of carbonyl (C=O) groups is 2. The third kappa shape index (κ3) is 3.02. The standard InChI is InChI=1S/C26H36N2O3/c1-25(2)22-16-19-20(7-6-8-21(19)29)26(25,3)11-14-28(22)24(31)18-10-9-17(15-18)23(30)27-12-4-5-13-27/h6-8,17-18,22,29H,4-5,9-16H2,1-3H3/t17-,18+,22-,26+/m1/s1. The van der Waals surface area contributed by atoms with E-state index in [0.29, 0.717) is 18.6 Å². The van der Waals surface area contributed by atoms with E-state index in [0.717, 1.165) is 57.3 Å². The van der Waals surface area contributed by atoms with Gasteiger partial charge >= 0.3 is 0 Å². The van der Waals surface area contributed by atoms with Gasteiger partial charge in [-0.1, -0.05) is 32.9 Å². The summed E-state index contributed by atoms with van der Waals surface area (Å²) in [5.41, 5.74) is 2.12. The number of fused-ring (bicyclic) bond motifs is 4. The molecule has 5 nitrogen and oxygen atoms in total. The van der Waals surface area contributed by atoms with Crippen LogP contribution in [0.1, 0.15) is 70.4 Å². The fraction of sp³-hybridized carbons (Fsp3) is 0.692. The summed E-state index contributed by atoms with van der Waals surface area (Å²) in [6, 6.07) is 5.96. The molecule has 1 aromatic rings. The highest BCUT2D eigenvalue weighted by Crippen LogP contribution is 2.57. The van der Waals surface area contributed by atoms with Gasteiger partial charge in [-0.05, 0) is 67.6 Å². The minimum absolute atomic E-state index is 0.0197. The fourth-order valence-electron chi connectivity index (χ4n) is 7.05. The van der Waals surface area contributed by atoms with Crippen LogP contribution in [0.5, 0.6) is 5.75 Å². The molecule has 0 radical (unpaired) electrons. The van der Waals surface area contributed by atoms with Gasteiger partial charge in [0.05, 0.1) is 0 Å². The van der Waals surface area contributed by atoms with E-state index in [1.807, 2.05) is 11.0 Å². The van der Waals surface area contributed by atoms with Crippen molar-refractivity contribution in [3.63, 3.8) is 0 Å². The normalized spacial score (nSPS) is 34.0. The summed E-state index contributed by atoms with van der Waals surface area (Å²) in [5.74, 6) is 0.843. The molecule has 5 rings (SSSR count). The Labute approximate surface area is 185 Å². The van der Waals surface area contributed by atoms with Crippen LogP contribution in [0.15, 0.2) is 18.2 Å². The summed E-state index contributed by atoms with van der Waals surface area (Å²) in [5, 5.41) is 10.6. The van der Waals surface area contributed by atoms with Gasteiger partial charge in [0.1, 0.15) is 5.75 Å². The molecular weight excluding hydrogens is 388 g/mol. The number of hydrogen-bond donors (Lipinski definition) is 1. The van der Waals surface area contributed by atoms with Crippen LogP contribution in [-0.2, 0) is 21.4 Å². The molecule has 0 spiro atoms. The number of hydrogen-bond acceptors (Lipinski definition) is 3. The van der Waals surface area contributed by atoms with Crippen LogP contribution in [0.4, 0.5) is 0 Å². The van der Waals surface area contributed by atoms with E-state index in [1.54, 1.807) is 6.07 Å². The van der Waals surface area contributed by atoms with Gasteiger partial charge in [0.25, 0.3) is 0 Å². The second-order valence-electron chi connectivity index (χ2n) is 11.1. The Balaban J connectivity index is 1.37. The molecular formula is C26H36N2O3. The number of phenolic OH excluding ortho intramolecular Hbond substituents is 1. The van der Waals surface area contributed by atoms with Crippen molar-refractivity contribution >= 4 is 11.8 Å². The second-order valence-corrected chi connectivity index (χ2v) is 11.1. The van der Waals surface area contributed by atoms with Crippen LogP contribution in [-0.4, -0.2) is 52.4 Å². The smallest absolute Gasteiger partial charge is 0.225 e. The molecule has 1 saturated carbocycles. The lowest BCUT2D eigenvalue weighted by molar-refractivity contribution is -0.148. The highest BCUT2D eigenvalue weighted by Gasteiger charge is 2.57. The number of phenols is 1. The van der Waals surface area contributed by atoms with Crippen LogP contribution in [0.3, 0.4) is 0 Å². The first kappa shape index (κ1) is 20.8. The topological polar surface area (TPSA) is 60.9 Å². The van der Waals surface area contributed by atoms with Crippen molar-refractivity contribution in [3.05, 3.63) is 29.3 Å². The van der Waals surface area contributed by atoms with E-state index in [-0.39, 0.29) is 40.5 Å². The second kappa shape index (κ2) is 7.25. The lowest BCUT2D eigenvalue weighted by Crippen LogP contribution is -2.65. The number of piperidine rings is 1. The van der Waals surface area contributed by atoms with Crippen molar-refractivity contribution in [2.45, 2.75) is 77.2 Å². The van der Waals surface area contributed by atoms with E-state index in [2.05, 4.69) is 31.7 Å². The lowest BCUT2D eigenvalue weighted by atomic mass is 9.51. The summed E-state index contributed by atoms with van der Waals surface area (Å²) in [6.45, 7) is 9.42. The first-order valence-corrected chi connectivity index (χ1v) is 12.1. The van der Waals surface area contributed by atoms with Gasteiger partial charge in [-0.2, -0.15) is 0 Å². The van der Waals surface area contributed by atoms with E-state index >= 15 is 0 Å². The molecule has 4 atom stereocenters. The number of nitrogens with zero attached hydrogens (tertiary/aromatic N) is 2. The first-order valence-electron chi connectivity index (χ1n) is 12.1. The molecule has 2 heterocycles. The van der Waals surface area contributed by atoms with Crippen LogP contribution in [0, 0.1) is 17.3 Å². The van der Waals surface area contributed by atoms with Gasteiger partial charge in [-0.3, -0.25) is 9.59 Å². The maximum Gasteiger partial charge on any atom is 0.225 e. The molecule has 0 unspecified atom stereocenters. The molecule has 4 aliphatic rings. The zero-order valence-corrected chi connectivity index (χ0v) is 19.2. The summed E-state index contributed by atoms with van der Waals surface area (Å²) in [7, 11) is 0. The highest BCUT2D eigenvalue weighted by molar-refractivity contribution is 5.84. The summed E-state index contributed by atoms with van der Waals surface area (Å²) < 4.78 is 0. The summed E-state index contributed by atoms with van der Waals surface area (Å²) >= 11 is 0. The Hall–Kier alpha value is -2.04. The third-order valence-electron chi connectivity index (χ3n) is 9.46. The minimum Gasteiger partial charge on any atom is -0.508 e. The number of benzene rings is 1. The zero-order valence-electron chi connectivity index (χ0n) is 19.2. The van der Waals surface area contributed by atoms with Crippen LogP contribution in [0.2, 0.25) is 0 Å². The monoisotopic (exact) mass is 424 g/mol. The quantitative estimate of drug-likeness (QED) is 0.784. The van der Waals surface area contributed by atoms with Crippen LogP contribution >= 0.6 is 0 Å². The summed E-state index contributed by atoms with van der Waals surface area (Å²) in [6.07, 6.45) is 6.20. The van der Waals surface area contributed by atoms with Crippen molar-refractivity contribution < 1.29 is 14.7 Å². The van der Waals surface area contributed by atoms with Gasteiger partial charge in [0.2, 0.25) is 11.8 Å². The zero-order chi connectivity index (χ0) is 22.0. The van der Waals surface area contributed by atoms with Crippen molar-refractivity contribution in [1.82, 2.24) is 9.80 Å². The lowest BCUT2D eigenvalue weighted by Gasteiger charge is -2.61. The molecule has 5 heteroatoms. The SMILES string of the molecule is CC1(C)[C@H]2Cc3c(O)cccc3[C@]1(C)CCN2C(=O)[C@H]1CC[C@@H](C(=O)N2CCCC2)C1. The van der Waals surface area contributed by atoms with E-state index in [9.17, 15) is 14.7 Å². The molecule has 168 valence electrons. The van der Waals surface area contributed by atoms with Crippen LogP contribution in [0.25, 0.3) is 0 Å². The van der Waals surface area contributed by atoms with Gasteiger partial charge in [-0.25, -0.2) is 0 Å². The van der Waals surface area contributed by atoms with Crippen molar-refractivity contribution in [2.24, 2.45) is 17.3 Å². The average molecular weight is 425 g/mol. The minimum atomic E-state index is -0.0783. The Morgan fingerprint density at radius 2 is 1.68 bits per heavy atom. The fourth-order valence-corrected chi connectivity index (χ4v) is 7.05. The Morgan fingerprint density at radius 1 is 1.00 bits per heavy atom.